The molecule has 0 fully saturated rings. The molecule has 0 atom stereocenters. The van der Waals surface area contributed by atoms with Crippen molar-refractivity contribution in [3.05, 3.63) is 76.4 Å². The normalized spacial score (nSPS) is 10.4. The molecule has 1 aromatic heterocycles. The number of halogens is 1. The second-order valence-electron chi connectivity index (χ2n) is 5.73. The number of amides is 1. The predicted molar refractivity (Wildman–Crippen MR) is 106 cm³/mol. The van der Waals surface area contributed by atoms with Crippen molar-refractivity contribution < 1.29 is 14.3 Å². The number of ether oxygens (including phenoxy) is 1. The summed E-state index contributed by atoms with van der Waals surface area (Å²) in [4.78, 5) is 24.8. The fourth-order valence-electron chi connectivity index (χ4n) is 2.56. The van der Waals surface area contributed by atoms with Crippen LogP contribution in [0.25, 0.3) is 5.69 Å². The highest BCUT2D eigenvalue weighted by atomic mass is 79.9. The summed E-state index contributed by atoms with van der Waals surface area (Å²) in [5, 5.41) is 7.07. The number of para-hydroxylation sites is 1. The largest absolute Gasteiger partial charge is 0.462 e. The molecule has 0 radical (unpaired) electrons. The first-order chi connectivity index (χ1) is 13.1. The molecule has 0 unspecified atom stereocenters. The molecule has 0 spiro atoms. The van der Waals surface area contributed by atoms with Crippen LogP contribution in [0.5, 0.6) is 0 Å². The smallest absolute Gasteiger partial charge is 0.343 e. The minimum atomic E-state index is -0.529. The van der Waals surface area contributed by atoms with Crippen LogP contribution in [0.3, 0.4) is 0 Å². The lowest BCUT2D eigenvalue weighted by Crippen LogP contribution is -2.19. The number of nitrogens with one attached hydrogen (secondary N) is 1. The highest BCUT2D eigenvalue weighted by Gasteiger charge is 2.21. The Balaban J connectivity index is 1.89. The average molecular weight is 428 g/mol. The summed E-state index contributed by atoms with van der Waals surface area (Å²) in [6.45, 7) is 1.97. The highest BCUT2D eigenvalue weighted by molar-refractivity contribution is 9.10. The number of nitrogens with zero attached hydrogens (tertiary/aromatic N) is 2. The lowest BCUT2D eigenvalue weighted by molar-refractivity contribution is -0.115. The van der Waals surface area contributed by atoms with Crippen molar-refractivity contribution in [2.24, 2.45) is 0 Å². The summed E-state index contributed by atoms with van der Waals surface area (Å²) in [5.74, 6) is -0.485. The molecular weight excluding hydrogens is 410 g/mol. The molecule has 1 heterocycles. The number of hydrogen-bond acceptors (Lipinski definition) is 4. The molecule has 7 heteroatoms. The van der Waals surface area contributed by atoms with Crippen molar-refractivity contribution in [1.29, 1.82) is 0 Å². The van der Waals surface area contributed by atoms with E-state index in [-0.39, 0.29) is 24.5 Å². The third kappa shape index (κ3) is 4.62. The molecular formula is C20H18BrN3O3. The van der Waals surface area contributed by atoms with Crippen LogP contribution >= 0.6 is 15.9 Å². The van der Waals surface area contributed by atoms with Crippen LogP contribution in [0.4, 0.5) is 5.82 Å². The zero-order valence-corrected chi connectivity index (χ0v) is 16.3. The number of rotatable bonds is 6. The molecule has 0 saturated heterocycles. The summed E-state index contributed by atoms with van der Waals surface area (Å²) in [6.07, 6.45) is 1.58. The number of hydrogen-bond donors (Lipinski definition) is 1. The Hall–Kier alpha value is -2.93. The van der Waals surface area contributed by atoms with Gasteiger partial charge in [0.05, 0.1) is 24.9 Å². The molecule has 27 heavy (non-hydrogen) atoms. The summed E-state index contributed by atoms with van der Waals surface area (Å²) in [5.41, 5.74) is 1.80. The lowest BCUT2D eigenvalue weighted by atomic mass is 10.1. The van der Waals surface area contributed by atoms with Crippen LogP contribution in [0.15, 0.2) is 65.3 Å². The third-order valence-electron chi connectivity index (χ3n) is 3.80. The van der Waals surface area contributed by atoms with Crippen LogP contribution < -0.4 is 5.32 Å². The van der Waals surface area contributed by atoms with Gasteiger partial charge in [0, 0.05) is 4.47 Å². The molecule has 138 valence electrons. The van der Waals surface area contributed by atoms with Crippen LogP contribution in [0, 0.1) is 0 Å². The number of benzene rings is 2. The van der Waals surface area contributed by atoms with Crippen molar-refractivity contribution in [2.75, 3.05) is 11.9 Å². The Morgan fingerprint density at radius 2 is 1.81 bits per heavy atom. The number of carbonyl (C=O) groups excluding carboxylic acids is 2. The maximum atomic E-state index is 12.6. The van der Waals surface area contributed by atoms with Crippen molar-refractivity contribution in [3.8, 4) is 5.69 Å². The van der Waals surface area contributed by atoms with Gasteiger partial charge in [-0.3, -0.25) is 4.79 Å². The van der Waals surface area contributed by atoms with Gasteiger partial charge in [0.15, 0.2) is 5.82 Å². The monoisotopic (exact) mass is 427 g/mol. The molecule has 0 aliphatic heterocycles. The fourth-order valence-corrected chi connectivity index (χ4v) is 2.82. The van der Waals surface area contributed by atoms with Crippen LogP contribution in [0.2, 0.25) is 0 Å². The minimum Gasteiger partial charge on any atom is -0.462 e. The van der Waals surface area contributed by atoms with Gasteiger partial charge in [-0.25, -0.2) is 9.48 Å². The molecule has 6 nitrogen and oxygen atoms in total. The van der Waals surface area contributed by atoms with Gasteiger partial charge < -0.3 is 10.1 Å². The molecule has 0 aliphatic carbocycles. The van der Waals surface area contributed by atoms with E-state index in [1.807, 2.05) is 54.6 Å². The van der Waals surface area contributed by atoms with E-state index in [1.54, 1.807) is 6.92 Å². The first-order valence-electron chi connectivity index (χ1n) is 8.43. The first-order valence-corrected chi connectivity index (χ1v) is 9.22. The van der Waals surface area contributed by atoms with Gasteiger partial charge in [-0.15, -0.1) is 0 Å². The second kappa shape index (κ2) is 8.64. The zero-order chi connectivity index (χ0) is 19.2. The Bertz CT molecular complexity index is 937. The quantitative estimate of drug-likeness (QED) is 0.603. The highest BCUT2D eigenvalue weighted by Crippen LogP contribution is 2.22. The Morgan fingerprint density at radius 1 is 1.11 bits per heavy atom. The first kappa shape index (κ1) is 18.8. The van der Waals surface area contributed by atoms with E-state index in [9.17, 15) is 9.59 Å². The molecule has 1 N–H and O–H groups in total. The van der Waals surface area contributed by atoms with Crippen LogP contribution in [-0.2, 0) is 16.0 Å². The van der Waals surface area contributed by atoms with E-state index < -0.39 is 5.97 Å². The van der Waals surface area contributed by atoms with Crippen LogP contribution in [-0.4, -0.2) is 28.3 Å². The van der Waals surface area contributed by atoms with Gasteiger partial charge in [-0.05, 0) is 36.8 Å². The maximum Gasteiger partial charge on any atom is 0.343 e. The van der Waals surface area contributed by atoms with Crippen molar-refractivity contribution in [2.45, 2.75) is 13.3 Å². The summed E-state index contributed by atoms with van der Waals surface area (Å²) in [6, 6.07) is 16.8. The van der Waals surface area contributed by atoms with Crippen molar-refractivity contribution in [1.82, 2.24) is 9.78 Å². The Labute approximate surface area is 165 Å². The van der Waals surface area contributed by atoms with Crippen molar-refractivity contribution >= 4 is 33.6 Å². The average Bonchev–Trinajstić information content (AvgIpc) is 3.08. The van der Waals surface area contributed by atoms with Gasteiger partial charge in [-0.2, -0.15) is 5.10 Å². The third-order valence-corrected chi connectivity index (χ3v) is 4.33. The number of anilines is 1. The number of carbonyl (C=O) groups is 2. The lowest BCUT2D eigenvalue weighted by Gasteiger charge is -2.11. The van der Waals surface area contributed by atoms with E-state index in [2.05, 4.69) is 26.3 Å². The fraction of sp³-hybridized carbons (Fsp3) is 0.150. The van der Waals surface area contributed by atoms with E-state index in [0.717, 1.165) is 15.7 Å². The molecule has 0 saturated carbocycles. The predicted octanol–water partition coefficient (Wildman–Crippen LogP) is 3.99. The molecule has 0 bridgehead atoms. The zero-order valence-electron chi connectivity index (χ0n) is 14.7. The maximum absolute atomic E-state index is 12.6. The Morgan fingerprint density at radius 3 is 2.48 bits per heavy atom. The standard InChI is InChI=1S/C20H18BrN3O3/c1-2-27-20(26)17-13-22-24(16-6-4-3-5-7-16)19(17)23-18(25)12-14-8-10-15(21)11-9-14/h3-11,13H,2,12H2,1H3,(H,23,25). The summed E-state index contributed by atoms with van der Waals surface area (Å²) < 4.78 is 7.54. The summed E-state index contributed by atoms with van der Waals surface area (Å²) >= 11 is 3.37. The SMILES string of the molecule is CCOC(=O)c1cnn(-c2ccccc2)c1NC(=O)Cc1ccc(Br)cc1. The van der Waals surface area contributed by atoms with E-state index in [1.165, 1.54) is 10.9 Å². The number of esters is 1. The topological polar surface area (TPSA) is 73.2 Å². The van der Waals surface area contributed by atoms with Gasteiger partial charge in [0.1, 0.15) is 5.56 Å². The van der Waals surface area contributed by atoms with E-state index >= 15 is 0 Å². The number of aromatic nitrogens is 2. The van der Waals surface area contributed by atoms with E-state index in [4.69, 9.17) is 4.74 Å². The van der Waals surface area contributed by atoms with Crippen LogP contribution in [0.1, 0.15) is 22.8 Å². The van der Waals surface area contributed by atoms with Gasteiger partial charge in [0.2, 0.25) is 5.91 Å². The van der Waals surface area contributed by atoms with Gasteiger partial charge in [0.25, 0.3) is 0 Å². The van der Waals surface area contributed by atoms with Gasteiger partial charge in [-0.1, -0.05) is 46.3 Å². The molecule has 3 rings (SSSR count). The Kier molecular flexibility index (Phi) is 6.03. The molecule has 3 aromatic rings. The molecule has 2 aromatic carbocycles. The van der Waals surface area contributed by atoms with Crippen molar-refractivity contribution in [3.63, 3.8) is 0 Å². The molecule has 1 amide bonds. The molecule has 0 aliphatic rings. The van der Waals surface area contributed by atoms with Gasteiger partial charge >= 0.3 is 5.97 Å². The van der Waals surface area contributed by atoms with E-state index in [0.29, 0.717) is 5.82 Å². The second-order valence-corrected chi connectivity index (χ2v) is 6.64. The minimum absolute atomic E-state index is 0.176. The summed E-state index contributed by atoms with van der Waals surface area (Å²) in [7, 11) is 0.